The Morgan fingerprint density at radius 2 is 2.15 bits per heavy atom. The van der Waals surface area contributed by atoms with Gasteiger partial charge in [0.25, 0.3) is 0 Å². The number of fused-ring (bicyclic) bond motifs is 1. The van der Waals surface area contributed by atoms with Gasteiger partial charge < -0.3 is 15.5 Å². The maximum Gasteiger partial charge on any atom is 0.246 e. The molecule has 2 aromatic rings. The smallest absolute Gasteiger partial charge is 0.246 e. The van der Waals surface area contributed by atoms with Gasteiger partial charge in [0.2, 0.25) is 11.9 Å². The third kappa shape index (κ3) is 3.11. The van der Waals surface area contributed by atoms with Crippen molar-refractivity contribution in [3.05, 3.63) is 23.7 Å². The number of hydrogen-bond donors (Lipinski definition) is 2. The second kappa shape index (κ2) is 6.59. The molecule has 138 valence electrons. The summed E-state index contributed by atoms with van der Waals surface area (Å²) in [6.45, 7) is 5.37. The van der Waals surface area contributed by atoms with Gasteiger partial charge in [0, 0.05) is 31.9 Å². The maximum absolute atomic E-state index is 12.0. The van der Waals surface area contributed by atoms with E-state index in [4.69, 9.17) is 0 Å². The first-order valence-electron chi connectivity index (χ1n) is 9.19. The molecule has 2 aliphatic rings. The highest BCUT2D eigenvalue weighted by molar-refractivity contribution is 6.03. The van der Waals surface area contributed by atoms with Gasteiger partial charge >= 0.3 is 0 Å². The van der Waals surface area contributed by atoms with Crippen LogP contribution in [0.25, 0.3) is 0 Å². The Labute approximate surface area is 153 Å². The summed E-state index contributed by atoms with van der Waals surface area (Å²) in [5.41, 5.74) is 2.55. The predicted octanol–water partition coefficient (Wildman–Crippen LogP) is 2.17. The van der Waals surface area contributed by atoms with Crippen LogP contribution in [0.2, 0.25) is 0 Å². The zero-order valence-corrected chi connectivity index (χ0v) is 15.5. The molecule has 2 aromatic heterocycles. The highest BCUT2D eigenvalue weighted by Gasteiger charge is 2.30. The van der Waals surface area contributed by atoms with E-state index in [1.807, 2.05) is 36.7 Å². The molecule has 0 bridgehead atoms. The van der Waals surface area contributed by atoms with E-state index in [-0.39, 0.29) is 11.9 Å². The molecule has 0 unspecified atom stereocenters. The predicted molar refractivity (Wildman–Crippen MR) is 100 cm³/mol. The van der Waals surface area contributed by atoms with Crippen molar-refractivity contribution < 1.29 is 4.79 Å². The van der Waals surface area contributed by atoms with Gasteiger partial charge in [-0.25, -0.2) is 4.98 Å². The second-order valence-corrected chi connectivity index (χ2v) is 7.33. The summed E-state index contributed by atoms with van der Waals surface area (Å²) >= 11 is 0. The Hall–Kier alpha value is -2.64. The molecular formula is C18H25N7O. The number of carbonyl (C=O) groups excluding carboxylic acids is 1. The topological polar surface area (TPSA) is 88.0 Å². The molecule has 1 amide bonds. The van der Waals surface area contributed by atoms with Gasteiger partial charge in [0.05, 0.1) is 11.9 Å². The lowest BCUT2D eigenvalue weighted by atomic mass is 9.85. The van der Waals surface area contributed by atoms with Crippen LogP contribution in [0.4, 0.5) is 17.5 Å². The number of aryl methyl sites for hydroxylation is 1. The van der Waals surface area contributed by atoms with Gasteiger partial charge in [0.1, 0.15) is 11.7 Å². The average Bonchev–Trinajstić information content (AvgIpc) is 3.03. The van der Waals surface area contributed by atoms with Crippen molar-refractivity contribution in [1.82, 2.24) is 19.7 Å². The van der Waals surface area contributed by atoms with Crippen LogP contribution < -0.4 is 15.5 Å². The van der Waals surface area contributed by atoms with Crippen molar-refractivity contribution in [2.75, 3.05) is 22.6 Å². The fourth-order valence-corrected chi connectivity index (χ4v) is 3.34. The summed E-state index contributed by atoms with van der Waals surface area (Å²) < 4.78 is 2.03. The first-order chi connectivity index (χ1) is 12.5. The fourth-order valence-electron chi connectivity index (χ4n) is 3.34. The molecule has 0 radical (unpaired) electrons. The maximum atomic E-state index is 12.0. The van der Waals surface area contributed by atoms with E-state index in [1.165, 1.54) is 19.3 Å². The Kier molecular flexibility index (Phi) is 4.26. The highest BCUT2D eigenvalue weighted by Crippen LogP contribution is 2.32. The standard InChI is InChI=1S/C18H25N7O/c1-11-15-16(24(3)12(2)17(26)22-15)23-18(21-11)19-7-14-8-20-25(10-14)9-13-5-4-6-13/h8,10,12-13H,4-7,9H2,1-3H3,(H,22,26)(H,19,21,23)/t12-/m0/s1. The minimum atomic E-state index is -0.255. The number of likely N-dealkylation sites (N-methyl/N-ethyl adjacent to an activating group) is 1. The summed E-state index contributed by atoms with van der Waals surface area (Å²) in [4.78, 5) is 22.9. The molecule has 0 saturated heterocycles. The van der Waals surface area contributed by atoms with Crippen molar-refractivity contribution in [3.63, 3.8) is 0 Å². The van der Waals surface area contributed by atoms with Crippen molar-refractivity contribution in [1.29, 1.82) is 0 Å². The number of rotatable bonds is 5. The van der Waals surface area contributed by atoms with E-state index in [1.54, 1.807) is 0 Å². The number of aromatic nitrogens is 4. The van der Waals surface area contributed by atoms with E-state index in [9.17, 15) is 4.79 Å². The van der Waals surface area contributed by atoms with Crippen LogP contribution in [0.15, 0.2) is 12.4 Å². The van der Waals surface area contributed by atoms with Crippen LogP contribution in [0, 0.1) is 12.8 Å². The zero-order chi connectivity index (χ0) is 18.3. The van der Waals surface area contributed by atoms with Crippen molar-refractivity contribution in [2.45, 2.75) is 52.2 Å². The molecule has 1 fully saturated rings. The number of amides is 1. The molecular weight excluding hydrogens is 330 g/mol. The molecule has 1 atom stereocenters. The molecule has 26 heavy (non-hydrogen) atoms. The summed E-state index contributed by atoms with van der Waals surface area (Å²) in [6, 6.07) is -0.255. The van der Waals surface area contributed by atoms with Crippen LogP contribution in [-0.2, 0) is 17.9 Å². The molecule has 8 heteroatoms. The van der Waals surface area contributed by atoms with Crippen molar-refractivity contribution in [2.24, 2.45) is 5.92 Å². The third-order valence-corrected chi connectivity index (χ3v) is 5.42. The number of anilines is 3. The Morgan fingerprint density at radius 3 is 2.88 bits per heavy atom. The SMILES string of the molecule is Cc1nc(NCc2cnn(CC3CCC3)c2)nc2c1NC(=O)[C@H](C)N2C. The molecule has 0 aromatic carbocycles. The quantitative estimate of drug-likeness (QED) is 0.855. The Morgan fingerprint density at radius 1 is 1.35 bits per heavy atom. The number of nitrogens with one attached hydrogen (secondary N) is 2. The van der Waals surface area contributed by atoms with Gasteiger partial charge in [-0.2, -0.15) is 10.1 Å². The third-order valence-electron chi connectivity index (χ3n) is 5.42. The van der Waals surface area contributed by atoms with E-state index >= 15 is 0 Å². The number of hydrogen-bond acceptors (Lipinski definition) is 6. The lowest BCUT2D eigenvalue weighted by Crippen LogP contribution is -2.44. The molecule has 2 N–H and O–H groups in total. The van der Waals surface area contributed by atoms with E-state index < -0.39 is 0 Å². The Balaban J connectivity index is 1.45. The van der Waals surface area contributed by atoms with Crippen LogP contribution in [-0.4, -0.2) is 38.7 Å². The van der Waals surface area contributed by atoms with Gasteiger partial charge in [-0.05, 0) is 32.6 Å². The van der Waals surface area contributed by atoms with E-state index in [2.05, 4.69) is 31.9 Å². The summed E-state index contributed by atoms with van der Waals surface area (Å²) in [5, 5.41) is 10.6. The first-order valence-corrected chi connectivity index (χ1v) is 9.19. The summed E-state index contributed by atoms with van der Waals surface area (Å²) in [5.74, 6) is 2.05. The first kappa shape index (κ1) is 16.8. The van der Waals surface area contributed by atoms with E-state index in [0.29, 0.717) is 18.2 Å². The molecule has 3 heterocycles. The van der Waals surface area contributed by atoms with E-state index in [0.717, 1.165) is 29.5 Å². The summed E-state index contributed by atoms with van der Waals surface area (Å²) in [6.07, 6.45) is 7.97. The second-order valence-electron chi connectivity index (χ2n) is 7.33. The van der Waals surface area contributed by atoms with Crippen LogP contribution in [0.3, 0.4) is 0 Å². The number of carbonyl (C=O) groups is 1. The molecule has 4 rings (SSSR count). The lowest BCUT2D eigenvalue weighted by Gasteiger charge is -2.32. The van der Waals surface area contributed by atoms with Gasteiger partial charge in [-0.1, -0.05) is 6.42 Å². The Bertz CT molecular complexity index is 827. The van der Waals surface area contributed by atoms with Crippen LogP contribution in [0.1, 0.15) is 37.4 Å². The number of nitrogens with zero attached hydrogens (tertiary/aromatic N) is 5. The van der Waals surface area contributed by atoms with Crippen LogP contribution >= 0.6 is 0 Å². The normalized spacial score (nSPS) is 19.7. The monoisotopic (exact) mass is 355 g/mol. The molecule has 1 aliphatic heterocycles. The minimum absolute atomic E-state index is 0.0358. The zero-order valence-electron chi connectivity index (χ0n) is 15.5. The lowest BCUT2D eigenvalue weighted by molar-refractivity contribution is -0.117. The molecule has 0 spiro atoms. The largest absolute Gasteiger partial charge is 0.350 e. The average molecular weight is 355 g/mol. The summed E-state index contributed by atoms with van der Waals surface area (Å²) in [7, 11) is 1.88. The van der Waals surface area contributed by atoms with Gasteiger partial charge in [0.15, 0.2) is 5.82 Å². The van der Waals surface area contributed by atoms with Crippen LogP contribution in [0.5, 0.6) is 0 Å². The fraction of sp³-hybridized carbons (Fsp3) is 0.556. The van der Waals surface area contributed by atoms with Crippen molar-refractivity contribution >= 4 is 23.4 Å². The molecule has 1 aliphatic carbocycles. The van der Waals surface area contributed by atoms with Gasteiger partial charge in [-0.3, -0.25) is 9.48 Å². The highest BCUT2D eigenvalue weighted by atomic mass is 16.2. The van der Waals surface area contributed by atoms with Gasteiger partial charge in [-0.15, -0.1) is 0 Å². The molecule has 8 nitrogen and oxygen atoms in total. The van der Waals surface area contributed by atoms with Crippen molar-refractivity contribution in [3.8, 4) is 0 Å². The minimum Gasteiger partial charge on any atom is -0.350 e. The molecule has 1 saturated carbocycles.